The van der Waals surface area contributed by atoms with E-state index in [2.05, 4.69) is 16.4 Å². The number of carbonyl (C=O) groups excluding carboxylic acids is 2. The van der Waals surface area contributed by atoms with Crippen LogP contribution in [0.3, 0.4) is 0 Å². The molecule has 0 spiro atoms. The van der Waals surface area contributed by atoms with E-state index in [0.717, 1.165) is 5.39 Å². The number of esters is 1. The van der Waals surface area contributed by atoms with Crippen molar-refractivity contribution in [2.75, 3.05) is 24.8 Å². The van der Waals surface area contributed by atoms with Crippen LogP contribution in [0.15, 0.2) is 53.6 Å². The van der Waals surface area contributed by atoms with Crippen molar-refractivity contribution in [3.05, 3.63) is 59.7 Å². The standard InChI is InChI=1S/C22H19N3O4S/c1-3-29-22(27)15-5-4-6-17(10-15)24-20(26)13-30-21-16(12-23)9-14-7-8-18(28-2)11-19(14)25-21/h4-11H,3,13H2,1-2H3,(H,24,26). The zero-order valence-corrected chi connectivity index (χ0v) is 17.3. The number of rotatable bonds is 7. The van der Waals surface area contributed by atoms with E-state index in [1.54, 1.807) is 56.5 Å². The monoisotopic (exact) mass is 421 g/mol. The minimum absolute atomic E-state index is 0.0563. The van der Waals surface area contributed by atoms with E-state index < -0.39 is 5.97 Å². The van der Waals surface area contributed by atoms with Crippen molar-refractivity contribution >= 4 is 40.2 Å². The van der Waals surface area contributed by atoms with Crippen molar-refractivity contribution in [2.45, 2.75) is 11.9 Å². The third kappa shape index (κ3) is 5.07. The molecule has 3 rings (SSSR count). The molecule has 0 saturated carbocycles. The van der Waals surface area contributed by atoms with Gasteiger partial charge in [-0.2, -0.15) is 5.26 Å². The third-order valence-corrected chi connectivity index (χ3v) is 5.10. The molecule has 0 unspecified atom stereocenters. The normalized spacial score (nSPS) is 10.3. The first-order chi connectivity index (χ1) is 14.5. The molecular formula is C22H19N3O4S. The van der Waals surface area contributed by atoms with Crippen LogP contribution in [-0.4, -0.2) is 36.3 Å². The lowest BCUT2D eigenvalue weighted by molar-refractivity contribution is -0.113. The molecule has 7 nitrogen and oxygen atoms in total. The van der Waals surface area contributed by atoms with Gasteiger partial charge in [-0.25, -0.2) is 9.78 Å². The minimum atomic E-state index is -0.447. The number of thioether (sulfide) groups is 1. The van der Waals surface area contributed by atoms with E-state index in [1.807, 2.05) is 6.07 Å². The lowest BCUT2D eigenvalue weighted by atomic mass is 10.1. The van der Waals surface area contributed by atoms with Gasteiger partial charge in [-0.15, -0.1) is 0 Å². The molecule has 0 bridgehead atoms. The quantitative estimate of drug-likeness (QED) is 0.454. The number of pyridine rings is 1. The number of carbonyl (C=O) groups is 2. The lowest BCUT2D eigenvalue weighted by Crippen LogP contribution is -2.15. The Morgan fingerprint density at radius 2 is 2.03 bits per heavy atom. The summed E-state index contributed by atoms with van der Waals surface area (Å²) in [6.45, 7) is 2.01. The average Bonchev–Trinajstić information content (AvgIpc) is 2.76. The maximum Gasteiger partial charge on any atom is 0.338 e. The summed E-state index contributed by atoms with van der Waals surface area (Å²) >= 11 is 1.17. The molecule has 0 aliphatic rings. The van der Waals surface area contributed by atoms with Gasteiger partial charge in [0, 0.05) is 17.1 Å². The van der Waals surface area contributed by atoms with Crippen LogP contribution in [0.4, 0.5) is 5.69 Å². The number of nitrogens with zero attached hydrogens (tertiary/aromatic N) is 2. The Kier molecular flexibility index (Phi) is 6.88. The van der Waals surface area contributed by atoms with Gasteiger partial charge in [0.15, 0.2) is 0 Å². The number of hydrogen-bond acceptors (Lipinski definition) is 7. The van der Waals surface area contributed by atoms with Crippen molar-refractivity contribution in [1.82, 2.24) is 4.98 Å². The van der Waals surface area contributed by atoms with E-state index >= 15 is 0 Å². The van der Waals surface area contributed by atoms with Crippen LogP contribution in [0.5, 0.6) is 5.75 Å². The van der Waals surface area contributed by atoms with Crippen LogP contribution in [0.1, 0.15) is 22.8 Å². The third-order valence-electron chi connectivity index (χ3n) is 4.11. The van der Waals surface area contributed by atoms with E-state index in [4.69, 9.17) is 9.47 Å². The van der Waals surface area contributed by atoms with Gasteiger partial charge in [-0.3, -0.25) is 4.79 Å². The van der Waals surface area contributed by atoms with E-state index in [-0.39, 0.29) is 18.3 Å². The molecule has 0 fully saturated rings. The fraction of sp³-hybridized carbons (Fsp3) is 0.182. The van der Waals surface area contributed by atoms with Gasteiger partial charge < -0.3 is 14.8 Å². The summed E-state index contributed by atoms with van der Waals surface area (Å²) in [6.07, 6.45) is 0. The molecule has 3 aromatic rings. The first-order valence-electron chi connectivity index (χ1n) is 9.12. The largest absolute Gasteiger partial charge is 0.497 e. The number of amides is 1. The Hall–Kier alpha value is -3.57. The molecule has 1 amide bonds. The molecule has 0 atom stereocenters. The number of nitrogens with one attached hydrogen (secondary N) is 1. The SMILES string of the molecule is CCOC(=O)c1cccc(NC(=O)CSc2nc3cc(OC)ccc3cc2C#N)c1. The first kappa shape index (κ1) is 21.1. The van der Waals surface area contributed by atoms with Crippen molar-refractivity contribution < 1.29 is 19.1 Å². The summed E-state index contributed by atoms with van der Waals surface area (Å²) in [6, 6.07) is 15.8. The highest BCUT2D eigenvalue weighted by molar-refractivity contribution is 8.00. The predicted molar refractivity (Wildman–Crippen MR) is 115 cm³/mol. The predicted octanol–water partition coefficient (Wildman–Crippen LogP) is 4.02. The number of aromatic nitrogens is 1. The second-order valence-electron chi connectivity index (χ2n) is 6.15. The fourth-order valence-electron chi connectivity index (χ4n) is 2.72. The highest BCUT2D eigenvalue weighted by Gasteiger charge is 2.12. The summed E-state index contributed by atoms with van der Waals surface area (Å²) in [7, 11) is 1.57. The van der Waals surface area contributed by atoms with Gasteiger partial charge in [-0.1, -0.05) is 17.8 Å². The van der Waals surface area contributed by atoms with Crippen LogP contribution < -0.4 is 10.1 Å². The van der Waals surface area contributed by atoms with Crippen molar-refractivity contribution in [1.29, 1.82) is 5.26 Å². The van der Waals surface area contributed by atoms with Gasteiger partial charge in [0.25, 0.3) is 0 Å². The van der Waals surface area contributed by atoms with Gasteiger partial charge in [0.2, 0.25) is 5.91 Å². The summed E-state index contributed by atoms with van der Waals surface area (Å²) in [5.41, 5.74) is 1.93. The van der Waals surface area contributed by atoms with Crippen molar-refractivity contribution in [2.24, 2.45) is 0 Å². The smallest absolute Gasteiger partial charge is 0.338 e. The van der Waals surface area contributed by atoms with Gasteiger partial charge >= 0.3 is 5.97 Å². The molecule has 152 valence electrons. The van der Waals surface area contributed by atoms with Gasteiger partial charge in [0.1, 0.15) is 16.8 Å². The average molecular weight is 421 g/mol. The highest BCUT2D eigenvalue weighted by atomic mass is 32.2. The van der Waals surface area contributed by atoms with Crippen LogP contribution in [0, 0.1) is 11.3 Å². The number of nitriles is 1. The molecule has 1 N–H and O–H groups in total. The Morgan fingerprint density at radius 1 is 1.20 bits per heavy atom. The van der Waals surface area contributed by atoms with E-state index in [1.165, 1.54) is 11.8 Å². The van der Waals surface area contributed by atoms with E-state index in [9.17, 15) is 14.9 Å². The van der Waals surface area contributed by atoms with E-state index in [0.29, 0.717) is 33.1 Å². The molecule has 0 aliphatic heterocycles. The molecule has 30 heavy (non-hydrogen) atoms. The Morgan fingerprint density at radius 3 is 2.77 bits per heavy atom. The second-order valence-corrected chi connectivity index (χ2v) is 7.11. The van der Waals surface area contributed by atoms with Crippen LogP contribution in [-0.2, 0) is 9.53 Å². The number of methoxy groups -OCH3 is 1. The second kappa shape index (κ2) is 9.76. The summed E-state index contributed by atoms with van der Waals surface area (Å²) in [5.74, 6) is -0.00871. The summed E-state index contributed by atoms with van der Waals surface area (Å²) in [5, 5.41) is 13.5. The lowest BCUT2D eigenvalue weighted by Gasteiger charge is -2.09. The number of fused-ring (bicyclic) bond motifs is 1. The van der Waals surface area contributed by atoms with Crippen molar-refractivity contribution in [3.8, 4) is 11.8 Å². The highest BCUT2D eigenvalue weighted by Crippen LogP contribution is 2.27. The maximum absolute atomic E-state index is 12.4. The van der Waals surface area contributed by atoms with Gasteiger partial charge in [0.05, 0.1) is 36.1 Å². The zero-order valence-electron chi connectivity index (χ0n) is 16.5. The first-order valence-corrected chi connectivity index (χ1v) is 10.1. The Labute approximate surface area is 178 Å². The Bertz CT molecular complexity index is 1140. The number of benzene rings is 2. The van der Waals surface area contributed by atoms with Crippen molar-refractivity contribution in [3.63, 3.8) is 0 Å². The van der Waals surface area contributed by atoms with Crippen LogP contribution in [0.25, 0.3) is 10.9 Å². The molecule has 0 saturated heterocycles. The maximum atomic E-state index is 12.4. The molecule has 1 aromatic heterocycles. The Balaban J connectivity index is 1.71. The van der Waals surface area contributed by atoms with Crippen LogP contribution >= 0.6 is 11.8 Å². The summed E-state index contributed by atoms with van der Waals surface area (Å²) < 4.78 is 10.2. The number of ether oxygens (including phenoxy) is 2. The molecule has 1 heterocycles. The number of anilines is 1. The molecule has 8 heteroatoms. The zero-order chi connectivity index (χ0) is 21.5. The fourth-order valence-corrected chi connectivity index (χ4v) is 3.48. The molecule has 0 radical (unpaired) electrons. The van der Waals surface area contributed by atoms with Crippen LogP contribution in [0.2, 0.25) is 0 Å². The van der Waals surface area contributed by atoms with Gasteiger partial charge in [-0.05, 0) is 43.3 Å². The molecular weight excluding hydrogens is 402 g/mol. The summed E-state index contributed by atoms with van der Waals surface area (Å²) in [4.78, 5) is 28.7. The number of hydrogen-bond donors (Lipinski definition) is 1. The molecule has 0 aliphatic carbocycles. The topological polar surface area (TPSA) is 101 Å². The minimum Gasteiger partial charge on any atom is -0.497 e. The molecule has 2 aromatic carbocycles.